The number of fused-ring (bicyclic) bond motifs is 3. The summed E-state index contributed by atoms with van der Waals surface area (Å²) >= 11 is 0. The molecule has 3 aromatic rings. The Morgan fingerprint density at radius 2 is 2.27 bits per heavy atom. The van der Waals surface area contributed by atoms with Gasteiger partial charge in [0.2, 0.25) is 5.91 Å². The zero-order chi connectivity index (χ0) is 18.3. The molecule has 2 amide bonds. The molecule has 26 heavy (non-hydrogen) atoms. The number of amides is 2. The lowest BCUT2D eigenvalue weighted by molar-refractivity contribution is -0.119. The number of hydrogen-bond acceptors (Lipinski definition) is 4. The van der Waals surface area contributed by atoms with Gasteiger partial charge in [-0.25, -0.2) is 4.52 Å². The predicted octanol–water partition coefficient (Wildman–Crippen LogP) is 1.88. The van der Waals surface area contributed by atoms with E-state index in [0.29, 0.717) is 24.5 Å². The summed E-state index contributed by atoms with van der Waals surface area (Å²) in [5.41, 5.74) is 6.56. The van der Waals surface area contributed by atoms with Gasteiger partial charge in [0.05, 0.1) is 17.8 Å². The lowest BCUT2D eigenvalue weighted by Gasteiger charge is -2.19. The van der Waals surface area contributed by atoms with Crippen molar-refractivity contribution in [3.8, 4) is 5.75 Å². The van der Waals surface area contributed by atoms with Gasteiger partial charge in [-0.2, -0.15) is 5.10 Å². The van der Waals surface area contributed by atoms with Gasteiger partial charge in [0.1, 0.15) is 18.1 Å². The molecule has 7 nitrogen and oxygen atoms in total. The number of nitrogens with one attached hydrogen (secondary N) is 1. The molecule has 1 aliphatic heterocycles. The van der Waals surface area contributed by atoms with Crippen LogP contribution in [0.5, 0.6) is 5.75 Å². The highest BCUT2D eigenvalue weighted by Gasteiger charge is 2.31. The van der Waals surface area contributed by atoms with Crippen molar-refractivity contribution < 1.29 is 14.3 Å². The number of primary amides is 1. The average molecular weight is 352 g/mol. The van der Waals surface area contributed by atoms with Crippen LogP contribution in [0, 0.1) is 5.92 Å². The molecule has 134 valence electrons. The Hall–Kier alpha value is -3.09. The number of carbonyl (C=O) groups excluding carboxylic acids is 2. The van der Waals surface area contributed by atoms with Crippen LogP contribution in [0.1, 0.15) is 30.3 Å². The normalized spacial score (nSPS) is 19.8. The molecule has 1 saturated heterocycles. The van der Waals surface area contributed by atoms with Gasteiger partial charge in [-0.1, -0.05) is 25.5 Å². The molecule has 2 aromatic heterocycles. The molecular weight excluding hydrogens is 332 g/mol. The third kappa shape index (κ3) is 2.65. The highest BCUT2D eigenvalue weighted by atomic mass is 16.5. The minimum absolute atomic E-state index is 0.00794. The molecular formula is C19H20N4O3. The summed E-state index contributed by atoms with van der Waals surface area (Å²) in [6.07, 6.45) is 3.11. The smallest absolute Gasteiger partial charge is 0.267 e. The maximum atomic E-state index is 11.7. The minimum Gasteiger partial charge on any atom is -0.491 e. The fraction of sp³-hybridized carbons (Fsp3) is 0.316. The van der Waals surface area contributed by atoms with E-state index < -0.39 is 5.91 Å². The van der Waals surface area contributed by atoms with Gasteiger partial charge in [0.25, 0.3) is 5.91 Å². The Morgan fingerprint density at radius 3 is 3.04 bits per heavy atom. The molecule has 3 N–H and O–H groups in total. The molecule has 1 aliphatic rings. The van der Waals surface area contributed by atoms with Crippen molar-refractivity contribution in [3.63, 3.8) is 0 Å². The molecule has 2 atom stereocenters. The summed E-state index contributed by atoms with van der Waals surface area (Å²) in [5.74, 6) is 0.521. The lowest BCUT2D eigenvalue weighted by Crippen LogP contribution is -2.34. The average Bonchev–Trinajstić information content (AvgIpc) is 3.25. The molecule has 7 heteroatoms. The molecule has 4 rings (SSSR count). The highest BCUT2D eigenvalue weighted by Crippen LogP contribution is 2.31. The molecule has 1 fully saturated rings. The Labute approximate surface area is 150 Å². The summed E-state index contributed by atoms with van der Waals surface area (Å²) < 4.78 is 7.62. The largest absolute Gasteiger partial charge is 0.491 e. The third-order valence-corrected chi connectivity index (χ3v) is 5.04. The van der Waals surface area contributed by atoms with E-state index in [1.165, 1.54) is 4.52 Å². The molecule has 0 saturated carbocycles. The quantitative estimate of drug-likeness (QED) is 0.732. The first-order chi connectivity index (χ1) is 12.6. The van der Waals surface area contributed by atoms with Gasteiger partial charge in [0, 0.05) is 11.8 Å². The zero-order valence-electron chi connectivity index (χ0n) is 14.4. The number of carbonyl (C=O) groups is 2. The fourth-order valence-electron chi connectivity index (χ4n) is 3.68. The Balaban J connectivity index is 1.73. The molecule has 3 heterocycles. The maximum Gasteiger partial charge on any atom is 0.267 e. The molecule has 0 aliphatic carbocycles. The van der Waals surface area contributed by atoms with Crippen molar-refractivity contribution in [3.05, 3.63) is 42.2 Å². The molecule has 0 radical (unpaired) electrons. The Bertz CT molecular complexity index is 1010. The number of pyridine rings is 1. The lowest BCUT2D eigenvalue weighted by atomic mass is 9.98. The maximum absolute atomic E-state index is 11.7. The first-order valence-electron chi connectivity index (χ1n) is 8.70. The number of hydrogen-bond donors (Lipinski definition) is 2. The number of benzene rings is 1. The molecule has 1 aromatic carbocycles. The zero-order valence-corrected chi connectivity index (χ0v) is 14.4. The summed E-state index contributed by atoms with van der Waals surface area (Å²) in [4.78, 5) is 23.4. The van der Waals surface area contributed by atoms with Crippen molar-refractivity contribution in [2.24, 2.45) is 11.7 Å². The Morgan fingerprint density at radius 1 is 1.42 bits per heavy atom. The monoisotopic (exact) mass is 352 g/mol. The summed E-state index contributed by atoms with van der Waals surface area (Å²) in [5, 5.41) is 8.92. The van der Waals surface area contributed by atoms with Gasteiger partial charge in [-0.05, 0) is 29.5 Å². The van der Waals surface area contributed by atoms with Crippen LogP contribution in [0.3, 0.4) is 0 Å². The molecule has 0 bridgehead atoms. The highest BCUT2D eigenvalue weighted by molar-refractivity contribution is 6.05. The Kier molecular flexibility index (Phi) is 3.99. The number of nitrogens with two attached hydrogens (primary N) is 1. The summed E-state index contributed by atoms with van der Waals surface area (Å²) in [7, 11) is 0. The van der Waals surface area contributed by atoms with E-state index in [1.54, 1.807) is 12.3 Å². The van der Waals surface area contributed by atoms with Crippen LogP contribution in [0.4, 0.5) is 0 Å². The van der Waals surface area contributed by atoms with E-state index in [1.807, 2.05) is 24.3 Å². The number of aromatic nitrogens is 2. The number of rotatable bonds is 5. The van der Waals surface area contributed by atoms with E-state index >= 15 is 0 Å². The van der Waals surface area contributed by atoms with Crippen LogP contribution < -0.4 is 15.8 Å². The second-order valence-corrected chi connectivity index (χ2v) is 6.60. The van der Waals surface area contributed by atoms with E-state index in [-0.39, 0.29) is 17.9 Å². The summed E-state index contributed by atoms with van der Waals surface area (Å²) in [6, 6.07) is 9.23. The van der Waals surface area contributed by atoms with Crippen molar-refractivity contribution in [1.82, 2.24) is 14.9 Å². The van der Waals surface area contributed by atoms with Gasteiger partial charge < -0.3 is 15.8 Å². The minimum atomic E-state index is -0.536. The third-order valence-electron chi connectivity index (χ3n) is 5.04. The van der Waals surface area contributed by atoms with Crippen molar-refractivity contribution in [2.45, 2.75) is 25.8 Å². The first kappa shape index (κ1) is 16.4. The van der Waals surface area contributed by atoms with E-state index in [2.05, 4.69) is 17.3 Å². The number of nitrogens with zero attached hydrogens (tertiary/aromatic N) is 2. The van der Waals surface area contributed by atoms with Crippen LogP contribution in [-0.2, 0) is 4.79 Å². The second-order valence-electron chi connectivity index (χ2n) is 6.60. The second kappa shape index (κ2) is 6.33. The van der Waals surface area contributed by atoms with E-state index in [9.17, 15) is 9.59 Å². The molecule has 0 spiro atoms. The molecule has 2 unspecified atom stereocenters. The topological polar surface area (TPSA) is 98.7 Å². The van der Waals surface area contributed by atoms with Crippen molar-refractivity contribution in [2.75, 3.05) is 6.61 Å². The van der Waals surface area contributed by atoms with Crippen LogP contribution in [0.15, 0.2) is 36.5 Å². The van der Waals surface area contributed by atoms with Gasteiger partial charge in [-0.3, -0.25) is 9.59 Å². The fourth-order valence-corrected chi connectivity index (χ4v) is 3.68. The van der Waals surface area contributed by atoms with Crippen molar-refractivity contribution in [1.29, 1.82) is 0 Å². The SMILES string of the molecule is CCC1CC(=O)NC1COc1cccc2cc(C(N)=O)n3nccc3c12. The van der Waals surface area contributed by atoms with Crippen LogP contribution in [0.2, 0.25) is 0 Å². The van der Waals surface area contributed by atoms with Gasteiger partial charge >= 0.3 is 0 Å². The van der Waals surface area contributed by atoms with Gasteiger partial charge in [-0.15, -0.1) is 0 Å². The van der Waals surface area contributed by atoms with Crippen LogP contribution in [0.25, 0.3) is 16.3 Å². The van der Waals surface area contributed by atoms with Crippen LogP contribution >= 0.6 is 0 Å². The van der Waals surface area contributed by atoms with Crippen LogP contribution in [-0.4, -0.2) is 34.1 Å². The van der Waals surface area contributed by atoms with E-state index in [0.717, 1.165) is 22.7 Å². The number of ether oxygens (including phenoxy) is 1. The predicted molar refractivity (Wildman–Crippen MR) is 97.0 cm³/mol. The van der Waals surface area contributed by atoms with Gasteiger partial charge in [0.15, 0.2) is 0 Å². The summed E-state index contributed by atoms with van der Waals surface area (Å²) in [6.45, 7) is 2.48. The first-order valence-corrected chi connectivity index (χ1v) is 8.70. The van der Waals surface area contributed by atoms with Crippen molar-refractivity contribution >= 4 is 28.1 Å². The van der Waals surface area contributed by atoms with E-state index in [4.69, 9.17) is 10.5 Å². The standard InChI is InChI=1S/C19H20N4O3/c1-2-11-9-17(24)22-13(11)10-26-16-5-3-4-12-8-15(19(20)25)23-14(18(12)16)6-7-21-23/h3-8,11,13H,2,9-10H2,1H3,(H2,20,25)(H,22,24).